The molecule has 2 heterocycles. The van der Waals surface area contributed by atoms with Crippen LogP contribution in [0.15, 0.2) is 21.9 Å². The van der Waals surface area contributed by atoms with Gasteiger partial charge in [0.1, 0.15) is 6.10 Å². The second kappa shape index (κ2) is 9.64. The molecule has 1 saturated carbocycles. The molecule has 1 aliphatic carbocycles. The smallest absolute Gasteiger partial charge is 0.359 e. The van der Waals surface area contributed by atoms with Crippen LogP contribution in [0.25, 0.3) is 0 Å². The first-order valence-electron chi connectivity index (χ1n) is 12.2. The van der Waals surface area contributed by atoms with E-state index >= 15 is 0 Å². The number of rotatable bonds is 10. The fourth-order valence-electron chi connectivity index (χ4n) is 5.40. The van der Waals surface area contributed by atoms with Crippen LogP contribution in [0.2, 0.25) is 0 Å². The van der Waals surface area contributed by atoms with Crippen LogP contribution in [0.3, 0.4) is 0 Å². The number of aliphatic hydroxyl groups is 1. The number of nitrogens with one attached hydrogen (secondary N) is 1. The van der Waals surface area contributed by atoms with Crippen molar-refractivity contribution < 1.29 is 28.6 Å². The zero-order valence-electron chi connectivity index (χ0n) is 20.9. The minimum absolute atomic E-state index is 0.0945. The first kappa shape index (κ1) is 27.3. The third-order valence-corrected chi connectivity index (χ3v) is 9.98. The van der Waals surface area contributed by atoms with Crippen molar-refractivity contribution in [1.82, 2.24) is 9.55 Å². The summed E-state index contributed by atoms with van der Waals surface area (Å²) in [6, 6.07) is 0.922. The fraction of sp³-hybridized carbons (Fsp3) is 0.826. The highest BCUT2D eigenvalue weighted by Crippen LogP contribution is 2.62. The lowest BCUT2D eigenvalue weighted by atomic mass is 9.84. The monoisotopic (exact) mass is 502 g/mol. The molecule has 1 aromatic heterocycles. The highest BCUT2D eigenvalue weighted by molar-refractivity contribution is 7.54. The first-order valence-corrected chi connectivity index (χ1v) is 13.8. The summed E-state index contributed by atoms with van der Waals surface area (Å²) in [5.74, 6) is -1.01. The summed E-state index contributed by atoms with van der Waals surface area (Å²) in [5.41, 5.74) is -1.97. The van der Waals surface area contributed by atoms with Crippen LogP contribution in [-0.4, -0.2) is 48.5 Å². The zero-order valence-corrected chi connectivity index (χ0v) is 21.8. The molecule has 1 aliphatic heterocycles. The summed E-state index contributed by atoms with van der Waals surface area (Å²) in [6.07, 6.45) is 2.67. The van der Waals surface area contributed by atoms with E-state index in [0.29, 0.717) is 25.7 Å². The minimum Gasteiger partial charge on any atom is -0.377 e. The molecule has 3 rings (SSSR count). The van der Waals surface area contributed by atoms with Crippen molar-refractivity contribution in [2.75, 3.05) is 0 Å². The number of aromatic nitrogens is 2. The SMILES string of the molecule is CCC(CC)(CC1CC(n2ccc(=O)[nH]c2=O)C2OC(C)(C)OC12)OP(=O)(O)C(O)(CC)CC. The molecular weight excluding hydrogens is 463 g/mol. The summed E-state index contributed by atoms with van der Waals surface area (Å²) in [7, 11) is -4.38. The Morgan fingerprint density at radius 1 is 1.15 bits per heavy atom. The van der Waals surface area contributed by atoms with E-state index in [9.17, 15) is 24.2 Å². The Morgan fingerprint density at radius 3 is 2.26 bits per heavy atom. The maximum atomic E-state index is 13.2. The van der Waals surface area contributed by atoms with Gasteiger partial charge >= 0.3 is 13.3 Å². The van der Waals surface area contributed by atoms with Crippen LogP contribution < -0.4 is 11.2 Å². The molecule has 1 saturated heterocycles. The van der Waals surface area contributed by atoms with Gasteiger partial charge in [-0.2, -0.15) is 0 Å². The highest BCUT2D eigenvalue weighted by atomic mass is 31.2. The molecule has 2 aliphatic rings. The third-order valence-electron chi connectivity index (χ3n) is 7.66. The van der Waals surface area contributed by atoms with Gasteiger partial charge in [-0.3, -0.25) is 18.9 Å². The summed E-state index contributed by atoms with van der Waals surface area (Å²) < 4.78 is 33.1. The second-order valence-corrected chi connectivity index (χ2v) is 12.1. The number of hydrogen-bond donors (Lipinski definition) is 3. The van der Waals surface area contributed by atoms with Crippen molar-refractivity contribution in [3.63, 3.8) is 0 Å². The predicted molar refractivity (Wildman–Crippen MR) is 127 cm³/mol. The summed E-state index contributed by atoms with van der Waals surface area (Å²) in [6.45, 7) is 10.7. The van der Waals surface area contributed by atoms with Crippen molar-refractivity contribution in [2.24, 2.45) is 5.92 Å². The zero-order chi connectivity index (χ0) is 25.5. The van der Waals surface area contributed by atoms with E-state index in [4.69, 9.17) is 14.0 Å². The number of fused-ring (bicyclic) bond motifs is 1. The van der Waals surface area contributed by atoms with Gasteiger partial charge in [0.15, 0.2) is 11.1 Å². The summed E-state index contributed by atoms with van der Waals surface area (Å²) in [5, 5.41) is 8.97. The largest absolute Gasteiger partial charge is 0.377 e. The van der Waals surface area contributed by atoms with Gasteiger partial charge in [-0.05, 0) is 58.3 Å². The van der Waals surface area contributed by atoms with E-state index in [2.05, 4.69) is 4.98 Å². The molecule has 3 N–H and O–H groups in total. The number of ether oxygens (including phenoxy) is 2. The van der Waals surface area contributed by atoms with Crippen molar-refractivity contribution in [3.05, 3.63) is 33.1 Å². The number of H-pyrrole nitrogens is 1. The highest BCUT2D eigenvalue weighted by Gasteiger charge is 2.57. The van der Waals surface area contributed by atoms with Gasteiger partial charge in [0.05, 0.1) is 17.7 Å². The van der Waals surface area contributed by atoms with Crippen LogP contribution in [0, 0.1) is 5.92 Å². The normalized spacial score (nSPS) is 28.6. The molecule has 2 fully saturated rings. The second-order valence-electron chi connectivity index (χ2n) is 10.0. The molecule has 0 spiro atoms. The molecular formula is C23H39N2O8P. The third kappa shape index (κ3) is 4.99. The average Bonchev–Trinajstić information content (AvgIpc) is 3.25. The molecule has 0 aromatic carbocycles. The van der Waals surface area contributed by atoms with E-state index in [1.165, 1.54) is 16.8 Å². The van der Waals surface area contributed by atoms with Crippen LogP contribution >= 0.6 is 7.60 Å². The minimum atomic E-state index is -4.38. The Hall–Kier alpha value is -1.29. The molecule has 5 unspecified atom stereocenters. The van der Waals surface area contributed by atoms with Crippen LogP contribution in [-0.2, 0) is 18.6 Å². The molecule has 0 amide bonds. The van der Waals surface area contributed by atoms with Gasteiger partial charge in [-0.1, -0.05) is 27.7 Å². The molecule has 11 heteroatoms. The van der Waals surface area contributed by atoms with Crippen molar-refractivity contribution in [3.8, 4) is 0 Å². The van der Waals surface area contributed by atoms with Crippen molar-refractivity contribution in [2.45, 2.75) is 115 Å². The van der Waals surface area contributed by atoms with E-state index in [-0.39, 0.29) is 30.9 Å². The standard InChI is InChI=1S/C23H39N2O8P/c1-7-22(8-2,33-34(29,30)23(28,9-3)10-4)14-15-13-16(19-18(15)31-21(5,6)32-19)25-12-11-17(26)24-20(25)27/h11-12,15-16,18-19,28H,7-10,13-14H2,1-6H3,(H,29,30)(H,24,26,27). The van der Waals surface area contributed by atoms with Gasteiger partial charge in [0.25, 0.3) is 5.56 Å². The van der Waals surface area contributed by atoms with Crippen molar-refractivity contribution in [1.29, 1.82) is 0 Å². The predicted octanol–water partition coefficient (Wildman–Crippen LogP) is 3.28. The Labute approximate surface area is 200 Å². The van der Waals surface area contributed by atoms with Crippen LogP contribution in [0.5, 0.6) is 0 Å². The quantitative estimate of drug-likeness (QED) is 0.414. The van der Waals surface area contributed by atoms with E-state index in [0.717, 1.165) is 0 Å². The van der Waals surface area contributed by atoms with Gasteiger partial charge in [-0.25, -0.2) is 4.79 Å². The molecule has 194 valence electrons. The van der Waals surface area contributed by atoms with Gasteiger partial charge in [-0.15, -0.1) is 0 Å². The topological polar surface area (TPSA) is 140 Å². The molecule has 0 radical (unpaired) electrons. The number of hydrogen-bond acceptors (Lipinski definition) is 7. The lowest BCUT2D eigenvalue weighted by molar-refractivity contribution is -0.163. The van der Waals surface area contributed by atoms with Gasteiger partial charge in [0.2, 0.25) is 0 Å². The first-order chi connectivity index (χ1) is 15.8. The van der Waals surface area contributed by atoms with E-state index in [1.807, 2.05) is 27.7 Å². The maximum absolute atomic E-state index is 13.2. The Balaban J connectivity index is 1.94. The van der Waals surface area contributed by atoms with E-state index in [1.54, 1.807) is 13.8 Å². The fourth-order valence-corrected chi connectivity index (χ4v) is 7.22. The molecule has 5 atom stereocenters. The molecule has 34 heavy (non-hydrogen) atoms. The molecule has 1 aromatic rings. The Kier molecular flexibility index (Phi) is 7.74. The van der Waals surface area contributed by atoms with Gasteiger partial charge in [0, 0.05) is 12.3 Å². The lowest BCUT2D eigenvalue weighted by Crippen LogP contribution is -2.39. The molecule has 0 bridgehead atoms. The maximum Gasteiger partial charge on any atom is 0.359 e. The van der Waals surface area contributed by atoms with Gasteiger partial charge < -0.3 is 24.0 Å². The van der Waals surface area contributed by atoms with Crippen LogP contribution in [0.1, 0.15) is 86.1 Å². The van der Waals surface area contributed by atoms with Crippen molar-refractivity contribution >= 4 is 7.60 Å². The lowest BCUT2D eigenvalue weighted by Gasteiger charge is -2.40. The number of aromatic amines is 1. The summed E-state index contributed by atoms with van der Waals surface area (Å²) >= 11 is 0. The van der Waals surface area contributed by atoms with E-state index < -0.39 is 41.7 Å². The number of nitrogens with zero attached hydrogens (tertiary/aromatic N) is 1. The average molecular weight is 503 g/mol. The Morgan fingerprint density at radius 2 is 1.74 bits per heavy atom. The molecule has 10 nitrogen and oxygen atoms in total. The Bertz CT molecular complexity index is 1030. The van der Waals surface area contributed by atoms with Crippen LogP contribution in [0.4, 0.5) is 0 Å². The summed E-state index contributed by atoms with van der Waals surface area (Å²) in [4.78, 5) is 37.2.